The van der Waals surface area contributed by atoms with Crippen LogP contribution in [0.1, 0.15) is 36.8 Å². The number of rotatable bonds is 4. The van der Waals surface area contributed by atoms with Crippen molar-refractivity contribution in [3.63, 3.8) is 0 Å². The fraction of sp³-hybridized carbons (Fsp3) is 0.389. The Hall–Kier alpha value is -2.63. The first-order valence-electron chi connectivity index (χ1n) is 7.84. The third-order valence-corrected chi connectivity index (χ3v) is 3.40. The SMILES string of the molecule is Cc1ccc(-c2cc(C(=O)N(C)CC(=O)NC(C)(C)C)[nH]n2)cc1. The molecular formula is C18H24N4O2. The molecule has 2 N–H and O–H groups in total. The summed E-state index contributed by atoms with van der Waals surface area (Å²) in [5, 5.41) is 9.77. The second kappa shape index (κ2) is 6.86. The summed E-state index contributed by atoms with van der Waals surface area (Å²) in [6, 6.07) is 9.61. The van der Waals surface area contributed by atoms with Crippen molar-refractivity contribution in [1.82, 2.24) is 20.4 Å². The van der Waals surface area contributed by atoms with Crippen molar-refractivity contribution in [3.05, 3.63) is 41.6 Å². The van der Waals surface area contributed by atoms with E-state index < -0.39 is 0 Å². The highest BCUT2D eigenvalue weighted by molar-refractivity contribution is 5.95. The molecule has 0 spiro atoms. The van der Waals surface area contributed by atoms with Crippen molar-refractivity contribution in [2.45, 2.75) is 33.2 Å². The first-order chi connectivity index (χ1) is 11.2. The lowest BCUT2D eigenvalue weighted by molar-refractivity contribution is -0.122. The zero-order chi connectivity index (χ0) is 17.9. The Morgan fingerprint density at radius 3 is 2.42 bits per heavy atom. The lowest BCUT2D eigenvalue weighted by Crippen LogP contribution is -2.46. The molecule has 1 heterocycles. The molecule has 2 rings (SSSR count). The Labute approximate surface area is 142 Å². The van der Waals surface area contributed by atoms with Gasteiger partial charge in [0.25, 0.3) is 5.91 Å². The van der Waals surface area contributed by atoms with Gasteiger partial charge in [0.15, 0.2) is 0 Å². The fourth-order valence-electron chi connectivity index (χ4n) is 2.25. The van der Waals surface area contributed by atoms with Gasteiger partial charge < -0.3 is 10.2 Å². The summed E-state index contributed by atoms with van der Waals surface area (Å²) in [6.45, 7) is 7.70. The van der Waals surface area contributed by atoms with Crippen molar-refractivity contribution in [2.75, 3.05) is 13.6 Å². The maximum atomic E-state index is 12.4. The molecule has 1 aromatic heterocycles. The topological polar surface area (TPSA) is 78.1 Å². The predicted octanol–water partition coefficient (Wildman–Crippen LogP) is 2.37. The molecule has 6 heteroatoms. The molecule has 128 valence electrons. The van der Waals surface area contributed by atoms with E-state index in [9.17, 15) is 9.59 Å². The van der Waals surface area contributed by atoms with Gasteiger partial charge in [0.2, 0.25) is 5.91 Å². The number of H-pyrrole nitrogens is 1. The van der Waals surface area contributed by atoms with Crippen LogP contribution in [0.15, 0.2) is 30.3 Å². The van der Waals surface area contributed by atoms with E-state index in [1.54, 1.807) is 13.1 Å². The van der Waals surface area contributed by atoms with Gasteiger partial charge in [-0.2, -0.15) is 5.10 Å². The first-order valence-corrected chi connectivity index (χ1v) is 7.84. The molecule has 0 unspecified atom stereocenters. The molecule has 0 aliphatic rings. The summed E-state index contributed by atoms with van der Waals surface area (Å²) in [6.07, 6.45) is 0. The number of nitrogens with one attached hydrogen (secondary N) is 2. The Morgan fingerprint density at radius 1 is 1.21 bits per heavy atom. The van der Waals surface area contributed by atoms with Crippen LogP contribution < -0.4 is 5.32 Å². The monoisotopic (exact) mass is 328 g/mol. The first kappa shape index (κ1) is 17.7. The number of amides is 2. The Kier molecular flexibility index (Phi) is 5.07. The number of nitrogens with zero attached hydrogens (tertiary/aromatic N) is 2. The number of carbonyl (C=O) groups excluding carboxylic acids is 2. The van der Waals surface area contributed by atoms with Crippen molar-refractivity contribution in [1.29, 1.82) is 0 Å². The lowest BCUT2D eigenvalue weighted by atomic mass is 10.1. The van der Waals surface area contributed by atoms with Crippen LogP contribution in [0.5, 0.6) is 0 Å². The predicted molar refractivity (Wildman–Crippen MR) is 93.6 cm³/mol. The van der Waals surface area contributed by atoms with E-state index >= 15 is 0 Å². The highest BCUT2D eigenvalue weighted by Crippen LogP contribution is 2.18. The van der Waals surface area contributed by atoms with Crippen LogP contribution in [0.4, 0.5) is 0 Å². The third kappa shape index (κ3) is 4.68. The Bertz CT molecular complexity index is 726. The standard InChI is InChI=1S/C18H24N4O2/c1-12-6-8-13(9-7-12)14-10-15(21-20-14)17(24)22(5)11-16(23)19-18(2,3)4/h6-10H,11H2,1-5H3,(H,19,23)(H,20,21). The van der Waals surface area contributed by atoms with Gasteiger partial charge in [0, 0.05) is 18.2 Å². The fourth-order valence-corrected chi connectivity index (χ4v) is 2.25. The second-order valence-corrected chi connectivity index (χ2v) is 6.99. The number of hydrogen-bond donors (Lipinski definition) is 2. The number of benzene rings is 1. The molecule has 0 aliphatic heterocycles. The molecular weight excluding hydrogens is 304 g/mol. The van der Waals surface area contributed by atoms with Crippen LogP contribution in [0, 0.1) is 6.92 Å². The van der Waals surface area contributed by atoms with Gasteiger partial charge >= 0.3 is 0 Å². The number of likely N-dealkylation sites (N-methyl/N-ethyl adjacent to an activating group) is 1. The van der Waals surface area contributed by atoms with E-state index in [-0.39, 0.29) is 23.9 Å². The minimum atomic E-state index is -0.326. The Balaban J connectivity index is 2.05. The van der Waals surface area contributed by atoms with Gasteiger partial charge in [0.05, 0.1) is 12.2 Å². The summed E-state index contributed by atoms with van der Waals surface area (Å²) in [5.41, 5.74) is 2.83. The number of aromatic amines is 1. The van der Waals surface area contributed by atoms with E-state index in [1.807, 2.05) is 52.0 Å². The largest absolute Gasteiger partial charge is 0.350 e. The van der Waals surface area contributed by atoms with Gasteiger partial charge in [0.1, 0.15) is 5.69 Å². The number of aromatic nitrogens is 2. The van der Waals surface area contributed by atoms with Crippen LogP contribution in [-0.4, -0.2) is 46.0 Å². The van der Waals surface area contributed by atoms with E-state index in [0.29, 0.717) is 11.4 Å². The molecule has 0 radical (unpaired) electrons. The molecule has 0 saturated carbocycles. The van der Waals surface area contributed by atoms with Crippen molar-refractivity contribution >= 4 is 11.8 Å². The molecule has 0 saturated heterocycles. The summed E-state index contributed by atoms with van der Waals surface area (Å²) in [7, 11) is 1.59. The average Bonchev–Trinajstić information content (AvgIpc) is 2.94. The molecule has 0 atom stereocenters. The molecule has 0 bridgehead atoms. The van der Waals surface area contributed by atoms with E-state index in [4.69, 9.17) is 0 Å². The van der Waals surface area contributed by atoms with E-state index in [0.717, 1.165) is 11.1 Å². The van der Waals surface area contributed by atoms with Crippen LogP contribution in [0.3, 0.4) is 0 Å². The van der Waals surface area contributed by atoms with Crippen LogP contribution in [0.25, 0.3) is 11.3 Å². The summed E-state index contributed by atoms with van der Waals surface area (Å²) in [4.78, 5) is 25.7. The van der Waals surface area contributed by atoms with Gasteiger partial charge in [-0.3, -0.25) is 14.7 Å². The van der Waals surface area contributed by atoms with Gasteiger partial charge in [-0.05, 0) is 33.8 Å². The van der Waals surface area contributed by atoms with Crippen molar-refractivity contribution in [2.24, 2.45) is 0 Å². The van der Waals surface area contributed by atoms with Gasteiger partial charge in [-0.25, -0.2) is 0 Å². The summed E-state index contributed by atoms with van der Waals surface area (Å²) >= 11 is 0. The minimum absolute atomic E-state index is 0.00497. The lowest BCUT2D eigenvalue weighted by Gasteiger charge is -2.23. The van der Waals surface area contributed by atoms with Crippen molar-refractivity contribution < 1.29 is 9.59 Å². The molecule has 24 heavy (non-hydrogen) atoms. The van der Waals surface area contributed by atoms with Crippen molar-refractivity contribution in [3.8, 4) is 11.3 Å². The number of carbonyl (C=O) groups is 2. The normalized spacial score (nSPS) is 11.2. The minimum Gasteiger partial charge on any atom is -0.350 e. The highest BCUT2D eigenvalue weighted by Gasteiger charge is 2.20. The molecule has 2 aromatic rings. The molecule has 6 nitrogen and oxygen atoms in total. The van der Waals surface area contributed by atoms with Gasteiger partial charge in [-0.1, -0.05) is 29.8 Å². The maximum Gasteiger partial charge on any atom is 0.272 e. The van der Waals surface area contributed by atoms with E-state index in [1.165, 1.54) is 4.90 Å². The van der Waals surface area contributed by atoms with Crippen LogP contribution in [-0.2, 0) is 4.79 Å². The summed E-state index contributed by atoms with van der Waals surface area (Å²) in [5.74, 6) is -0.471. The second-order valence-electron chi connectivity index (χ2n) is 6.99. The Morgan fingerprint density at radius 2 is 1.83 bits per heavy atom. The van der Waals surface area contributed by atoms with Crippen LogP contribution >= 0.6 is 0 Å². The van der Waals surface area contributed by atoms with Crippen LogP contribution in [0.2, 0.25) is 0 Å². The number of hydrogen-bond acceptors (Lipinski definition) is 3. The third-order valence-electron chi connectivity index (χ3n) is 3.40. The van der Waals surface area contributed by atoms with Gasteiger partial charge in [-0.15, -0.1) is 0 Å². The molecule has 1 aromatic carbocycles. The highest BCUT2D eigenvalue weighted by atomic mass is 16.2. The average molecular weight is 328 g/mol. The smallest absolute Gasteiger partial charge is 0.272 e. The maximum absolute atomic E-state index is 12.4. The molecule has 0 aliphatic carbocycles. The quantitative estimate of drug-likeness (QED) is 0.904. The van der Waals surface area contributed by atoms with E-state index in [2.05, 4.69) is 15.5 Å². The zero-order valence-electron chi connectivity index (χ0n) is 14.8. The number of aryl methyl sites for hydroxylation is 1. The zero-order valence-corrected chi connectivity index (χ0v) is 14.8. The molecule has 2 amide bonds. The molecule has 0 fully saturated rings. The summed E-state index contributed by atoms with van der Waals surface area (Å²) < 4.78 is 0.